The molecule has 1 aliphatic rings. The highest BCUT2D eigenvalue weighted by Crippen LogP contribution is 2.29. The summed E-state index contributed by atoms with van der Waals surface area (Å²) in [6, 6.07) is 6.65. The van der Waals surface area contributed by atoms with Gasteiger partial charge in [-0.2, -0.15) is 4.31 Å². The average Bonchev–Trinajstić information content (AvgIpc) is 2.70. The van der Waals surface area contributed by atoms with E-state index in [0.717, 1.165) is 0 Å². The van der Waals surface area contributed by atoms with Gasteiger partial charge < -0.3 is 5.73 Å². The van der Waals surface area contributed by atoms with E-state index in [1.54, 1.807) is 24.3 Å². The van der Waals surface area contributed by atoms with Crippen LogP contribution >= 0.6 is 12.2 Å². The van der Waals surface area contributed by atoms with Crippen molar-refractivity contribution in [3.8, 4) is 0 Å². The fraction of sp³-hybridized carbons (Fsp3) is 0.462. The number of hydrogen-bond donors (Lipinski definition) is 1. The maximum Gasteiger partial charge on any atom is 0.243 e. The first-order valence-corrected chi connectivity index (χ1v) is 8.08. The maximum atomic E-state index is 12.7. The minimum Gasteiger partial charge on any atom is -0.389 e. The molecule has 0 amide bonds. The van der Waals surface area contributed by atoms with Crippen LogP contribution in [0.1, 0.15) is 19.4 Å². The fourth-order valence-electron chi connectivity index (χ4n) is 2.31. The number of hydrogen-bond acceptors (Lipinski definition) is 3. The van der Waals surface area contributed by atoms with Gasteiger partial charge in [0.1, 0.15) is 4.99 Å². The zero-order valence-corrected chi connectivity index (χ0v) is 12.7. The van der Waals surface area contributed by atoms with E-state index in [1.165, 1.54) is 4.31 Å². The van der Waals surface area contributed by atoms with Crippen LogP contribution in [-0.2, 0) is 10.0 Å². The summed E-state index contributed by atoms with van der Waals surface area (Å²) in [4.78, 5) is 0.322. The van der Waals surface area contributed by atoms with E-state index in [-0.39, 0.29) is 9.88 Å². The van der Waals surface area contributed by atoms with Gasteiger partial charge in [0, 0.05) is 18.7 Å². The number of nitrogens with zero attached hydrogens (tertiary/aromatic N) is 1. The first-order chi connectivity index (χ1) is 8.84. The zero-order valence-electron chi connectivity index (χ0n) is 11.0. The van der Waals surface area contributed by atoms with Crippen molar-refractivity contribution in [3.63, 3.8) is 0 Å². The van der Waals surface area contributed by atoms with Crippen LogP contribution in [0.5, 0.6) is 0 Å². The summed E-state index contributed by atoms with van der Waals surface area (Å²) in [5.74, 6) is 0.735. The summed E-state index contributed by atoms with van der Waals surface area (Å²) in [6.45, 7) is 5.24. The van der Waals surface area contributed by atoms with E-state index in [0.29, 0.717) is 30.5 Å². The molecule has 0 saturated carbocycles. The van der Waals surface area contributed by atoms with E-state index < -0.39 is 10.0 Å². The highest BCUT2D eigenvalue weighted by Gasteiger charge is 2.36. The predicted molar refractivity (Wildman–Crippen MR) is 79.4 cm³/mol. The van der Waals surface area contributed by atoms with Gasteiger partial charge in [-0.3, -0.25) is 0 Å². The van der Waals surface area contributed by atoms with Gasteiger partial charge in [-0.15, -0.1) is 0 Å². The lowest BCUT2D eigenvalue weighted by molar-refractivity contribution is 0.463. The lowest BCUT2D eigenvalue weighted by Gasteiger charge is -2.18. The normalized spacial score (nSPS) is 24.5. The third-order valence-electron chi connectivity index (χ3n) is 3.72. The number of nitrogens with two attached hydrogens (primary N) is 1. The highest BCUT2D eigenvalue weighted by atomic mass is 32.2. The quantitative estimate of drug-likeness (QED) is 0.861. The van der Waals surface area contributed by atoms with E-state index in [2.05, 4.69) is 13.8 Å². The average molecular weight is 298 g/mol. The molecule has 19 heavy (non-hydrogen) atoms. The molecular formula is C13H18N2O2S2. The molecule has 0 aromatic heterocycles. The Hall–Kier alpha value is -0.980. The lowest BCUT2D eigenvalue weighted by atomic mass is 10.0. The third kappa shape index (κ3) is 2.66. The summed E-state index contributed by atoms with van der Waals surface area (Å²) < 4.78 is 26.9. The minimum atomic E-state index is -3.51. The Bertz CT molecular complexity index is 588. The van der Waals surface area contributed by atoms with Crippen molar-refractivity contribution < 1.29 is 8.42 Å². The van der Waals surface area contributed by atoms with E-state index in [1.807, 2.05) is 0 Å². The Morgan fingerprint density at radius 1 is 1.26 bits per heavy atom. The summed E-state index contributed by atoms with van der Waals surface area (Å²) in [7, 11) is -3.51. The number of thiocarbonyl (C=S) groups is 1. The topological polar surface area (TPSA) is 63.4 Å². The Morgan fingerprint density at radius 3 is 2.32 bits per heavy atom. The van der Waals surface area contributed by atoms with Crippen molar-refractivity contribution in [2.24, 2.45) is 17.6 Å². The van der Waals surface area contributed by atoms with Crippen LogP contribution in [0.15, 0.2) is 29.2 Å². The van der Waals surface area contributed by atoms with Crippen LogP contribution in [0, 0.1) is 11.8 Å². The Balaban J connectivity index is 2.44. The molecule has 6 heteroatoms. The lowest BCUT2D eigenvalue weighted by Crippen LogP contribution is -2.30. The van der Waals surface area contributed by atoms with Crippen molar-refractivity contribution >= 4 is 27.2 Å². The molecule has 2 unspecified atom stereocenters. The molecule has 0 radical (unpaired) electrons. The van der Waals surface area contributed by atoms with Gasteiger partial charge in [-0.05, 0) is 17.9 Å². The van der Waals surface area contributed by atoms with Gasteiger partial charge in [-0.1, -0.05) is 44.3 Å². The van der Waals surface area contributed by atoms with E-state index >= 15 is 0 Å². The van der Waals surface area contributed by atoms with Gasteiger partial charge in [0.25, 0.3) is 0 Å². The van der Waals surface area contributed by atoms with Gasteiger partial charge >= 0.3 is 0 Å². The van der Waals surface area contributed by atoms with Crippen molar-refractivity contribution in [1.29, 1.82) is 0 Å². The molecule has 4 nitrogen and oxygen atoms in total. The molecule has 1 saturated heterocycles. The van der Waals surface area contributed by atoms with Crippen molar-refractivity contribution in [2.75, 3.05) is 13.1 Å². The van der Waals surface area contributed by atoms with Gasteiger partial charge in [-0.25, -0.2) is 8.42 Å². The highest BCUT2D eigenvalue weighted by molar-refractivity contribution is 7.89. The van der Waals surface area contributed by atoms with Gasteiger partial charge in [0.15, 0.2) is 0 Å². The second-order valence-electron chi connectivity index (χ2n) is 5.14. The van der Waals surface area contributed by atoms with Crippen molar-refractivity contribution in [2.45, 2.75) is 18.7 Å². The molecule has 2 N–H and O–H groups in total. The molecule has 0 spiro atoms. The van der Waals surface area contributed by atoms with Crippen LogP contribution in [0.3, 0.4) is 0 Å². The molecule has 104 valence electrons. The monoisotopic (exact) mass is 298 g/mol. The number of rotatable bonds is 3. The van der Waals surface area contributed by atoms with Crippen molar-refractivity contribution in [3.05, 3.63) is 29.8 Å². The van der Waals surface area contributed by atoms with Gasteiger partial charge in [0.05, 0.1) is 4.90 Å². The summed E-state index contributed by atoms with van der Waals surface area (Å²) in [5, 5.41) is 0. The van der Waals surface area contributed by atoms with Crippen molar-refractivity contribution in [1.82, 2.24) is 4.31 Å². The molecule has 2 atom stereocenters. The molecule has 1 aromatic carbocycles. The fourth-order valence-corrected chi connectivity index (χ4v) is 4.40. The molecule has 1 fully saturated rings. The maximum absolute atomic E-state index is 12.7. The molecule has 0 bridgehead atoms. The first-order valence-electron chi connectivity index (χ1n) is 6.23. The molecular weight excluding hydrogens is 280 g/mol. The number of sulfonamides is 1. The van der Waals surface area contributed by atoms with Gasteiger partial charge in [0.2, 0.25) is 10.0 Å². The molecule has 1 aliphatic heterocycles. The van der Waals surface area contributed by atoms with Crippen LogP contribution in [-0.4, -0.2) is 30.8 Å². The van der Waals surface area contributed by atoms with Crippen LogP contribution in [0.4, 0.5) is 0 Å². The Kier molecular flexibility index (Phi) is 3.94. The largest absolute Gasteiger partial charge is 0.389 e. The first kappa shape index (κ1) is 14.4. The van der Waals surface area contributed by atoms with Crippen LogP contribution in [0.25, 0.3) is 0 Å². The molecule has 1 aromatic rings. The smallest absolute Gasteiger partial charge is 0.243 e. The SMILES string of the molecule is CC1CN(S(=O)(=O)c2ccccc2C(N)=S)CC1C. The van der Waals surface area contributed by atoms with Crippen LogP contribution < -0.4 is 5.73 Å². The van der Waals surface area contributed by atoms with E-state index in [9.17, 15) is 8.42 Å². The predicted octanol–water partition coefficient (Wildman–Crippen LogP) is 1.60. The second kappa shape index (κ2) is 5.19. The summed E-state index contributed by atoms with van der Waals surface area (Å²) in [5.41, 5.74) is 6.03. The Morgan fingerprint density at radius 2 is 1.79 bits per heavy atom. The Labute approximate surface area is 119 Å². The summed E-state index contributed by atoms with van der Waals surface area (Å²) in [6.07, 6.45) is 0. The van der Waals surface area contributed by atoms with E-state index in [4.69, 9.17) is 18.0 Å². The zero-order chi connectivity index (χ0) is 14.2. The molecule has 1 heterocycles. The summed E-state index contributed by atoms with van der Waals surface area (Å²) >= 11 is 4.93. The third-order valence-corrected chi connectivity index (χ3v) is 5.83. The minimum absolute atomic E-state index is 0.111. The van der Waals surface area contributed by atoms with Crippen LogP contribution in [0.2, 0.25) is 0 Å². The standard InChI is InChI=1S/C13H18N2O2S2/c1-9-7-15(8-10(9)2)19(16,17)12-6-4-3-5-11(12)13(14)18/h3-6,9-10H,7-8H2,1-2H3,(H2,14,18). The number of benzene rings is 1. The molecule has 0 aliphatic carbocycles. The second-order valence-corrected chi connectivity index (χ2v) is 7.48. The molecule has 2 rings (SSSR count).